The van der Waals surface area contributed by atoms with E-state index < -0.39 is 0 Å². The average Bonchev–Trinajstić information content (AvgIpc) is 3.01. The first-order chi connectivity index (χ1) is 14.4. The van der Waals surface area contributed by atoms with Gasteiger partial charge in [-0.2, -0.15) is 0 Å². The standard InChI is InChI=1S/C24H32N4OS/c1-13(24-9-14-5-15(10-24)7-16(6-14)11-24)26-22(29)21-20(25)18-8-17-12-28(2)4-3-19(17)27-23(18)30-21/h8,13-16H,3-7,9-12,25H2,1-2H3,(H,26,29)/t13-,14?,15?,16?,24?/m0/s1. The normalized spacial score (nSPS) is 33.6. The number of anilines is 1. The van der Waals surface area contributed by atoms with Crippen molar-refractivity contribution in [3.8, 4) is 0 Å². The smallest absolute Gasteiger partial charge is 0.263 e. The molecule has 30 heavy (non-hydrogen) atoms. The molecule has 6 heteroatoms. The van der Waals surface area contributed by atoms with Crippen LogP contribution in [0.3, 0.4) is 0 Å². The molecule has 5 aliphatic rings. The summed E-state index contributed by atoms with van der Waals surface area (Å²) < 4.78 is 0. The van der Waals surface area contributed by atoms with Crippen LogP contribution in [0.4, 0.5) is 5.69 Å². The molecule has 2 aromatic rings. The zero-order valence-corrected chi connectivity index (χ0v) is 18.9. The van der Waals surface area contributed by atoms with E-state index in [0.717, 1.165) is 53.2 Å². The van der Waals surface area contributed by atoms with E-state index in [9.17, 15) is 4.79 Å². The highest BCUT2D eigenvalue weighted by Gasteiger charge is 2.53. The van der Waals surface area contributed by atoms with Crippen molar-refractivity contribution in [2.75, 3.05) is 19.3 Å². The Balaban J connectivity index is 1.27. The lowest BCUT2D eigenvalue weighted by Gasteiger charge is -2.59. The van der Waals surface area contributed by atoms with Gasteiger partial charge in [-0.3, -0.25) is 4.79 Å². The summed E-state index contributed by atoms with van der Waals surface area (Å²) in [6, 6.07) is 2.37. The highest BCUT2D eigenvalue weighted by atomic mass is 32.1. The third-order valence-corrected chi connectivity index (χ3v) is 9.73. The van der Waals surface area contributed by atoms with Crippen molar-refractivity contribution >= 4 is 33.1 Å². The third-order valence-electron chi connectivity index (χ3n) is 8.62. The van der Waals surface area contributed by atoms with Crippen molar-refractivity contribution in [1.29, 1.82) is 0 Å². The van der Waals surface area contributed by atoms with Crippen molar-refractivity contribution in [2.24, 2.45) is 23.2 Å². The summed E-state index contributed by atoms with van der Waals surface area (Å²) in [4.78, 5) is 22.0. The zero-order chi connectivity index (χ0) is 20.6. The van der Waals surface area contributed by atoms with Crippen LogP contribution in [-0.2, 0) is 13.0 Å². The summed E-state index contributed by atoms with van der Waals surface area (Å²) in [6.07, 6.45) is 9.13. The van der Waals surface area contributed by atoms with Crippen molar-refractivity contribution in [3.63, 3.8) is 0 Å². The van der Waals surface area contributed by atoms with Gasteiger partial charge in [-0.05, 0) is 87.3 Å². The summed E-state index contributed by atoms with van der Waals surface area (Å²) in [6.45, 7) is 4.17. The molecule has 4 saturated carbocycles. The number of hydrogen-bond donors (Lipinski definition) is 2. The van der Waals surface area contributed by atoms with Gasteiger partial charge in [0.15, 0.2) is 0 Å². The van der Waals surface area contributed by atoms with Gasteiger partial charge < -0.3 is 16.0 Å². The van der Waals surface area contributed by atoms with Gasteiger partial charge in [-0.1, -0.05) is 0 Å². The first-order valence-electron chi connectivity index (χ1n) is 11.6. The average molecular weight is 425 g/mol. The van der Waals surface area contributed by atoms with Gasteiger partial charge in [0.05, 0.1) is 5.69 Å². The van der Waals surface area contributed by atoms with Crippen LogP contribution in [-0.4, -0.2) is 35.4 Å². The molecule has 0 spiro atoms. The summed E-state index contributed by atoms with van der Waals surface area (Å²) in [5, 5.41) is 4.33. The second-order valence-corrected chi connectivity index (χ2v) is 11.8. The predicted molar refractivity (Wildman–Crippen MR) is 122 cm³/mol. The number of nitrogens with two attached hydrogens (primary N) is 1. The van der Waals surface area contributed by atoms with Crippen molar-refractivity contribution in [2.45, 2.75) is 64.5 Å². The van der Waals surface area contributed by atoms with Gasteiger partial charge >= 0.3 is 0 Å². The molecule has 0 unspecified atom stereocenters. The molecule has 1 aliphatic heterocycles. The Kier molecular flexibility index (Phi) is 4.24. The molecular weight excluding hydrogens is 392 g/mol. The number of amides is 1. The molecule has 3 heterocycles. The fourth-order valence-corrected chi connectivity index (χ4v) is 8.43. The third kappa shape index (κ3) is 2.90. The zero-order valence-electron chi connectivity index (χ0n) is 18.0. The van der Waals surface area contributed by atoms with Crippen LogP contribution >= 0.6 is 11.3 Å². The van der Waals surface area contributed by atoms with E-state index in [-0.39, 0.29) is 11.9 Å². The lowest BCUT2D eigenvalue weighted by Crippen LogP contribution is -2.55. The van der Waals surface area contributed by atoms with Crippen molar-refractivity contribution in [1.82, 2.24) is 15.2 Å². The molecule has 2 aromatic heterocycles. The van der Waals surface area contributed by atoms with Gasteiger partial charge in [0, 0.05) is 36.6 Å². The van der Waals surface area contributed by atoms with E-state index in [0.29, 0.717) is 16.0 Å². The van der Waals surface area contributed by atoms with Gasteiger partial charge in [-0.15, -0.1) is 11.3 Å². The van der Waals surface area contributed by atoms with E-state index in [1.807, 2.05) is 0 Å². The SMILES string of the molecule is C[C@H](NC(=O)c1sc2nc3c(cc2c1N)CN(C)CC3)C12CC3CC(CC(C3)C1)C2. The summed E-state index contributed by atoms with van der Waals surface area (Å²) in [5.41, 5.74) is 9.80. The number of nitrogens with one attached hydrogen (secondary N) is 1. The van der Waals surface area contributed by atoms with Crippen LogP contribution in [0.25, 0.3) is 10.2 Å². The molecule has 4 aliphatic carbocycles. The number of thiophene rings is 1. The Morgan fingerprint density at radius 2 is 1.93 bits per heavy atom. The molecule has 7 rings (SSSR count). The maximum Gasteiger partial charge on any atom is 0.263 e. The minimum atomic E-state index is -0.00571. The number of nitrogen functional groups attached to an aromatic ring is 1. The number of rotatable bonds is 3. The number of hydrogen-bond acceptors (Lipinski definition) is 5. The molecule has 0 saturated heterocycles. The lowest BCUT2D eigenvalue weighted by molar-refractivity contribution is -0.0687. The minimum absolute atomic E-state index is 0.00571. The van der Waals surface area contributed by atoms with Crippen molar-refractivity contribution < 1.29 is 4.79 Å². The fourth-order valence-electron chi connectivity index (χ4n) is 7.43. The molecule has 4 bridgehead atoms. The quantitative estimate of drug-likeness (QED) is 0.775. The van der Waals surface area contributed by atoms with E-state index >= 15 is 0 Å². The largest absolute Gasteiger partial charge is 0.397 e. The Hall–Kier alpha value is -1.66. The predicted octanol–water partition coefficient (Wildman–Crippen LogP) is 4.20. The molecule has 160 valence electrons. The Morgan fingerprint density at radius 3 is 2.60 bits per heavy atom. The molecule has 4 fully saturated rings. The second kappa shape index (κ2) is 6.67. The molecule has 1 amide bonds. The monoisotopic (exact) mass is 424 g/mol. The second-order valence-electron chi connectivity index (χ2n) is 10.8. The van der Waals surface area contributed by atoms with Crippen molar-refractivity contribution in [3.05, 3.63) is 22.2 Å². The number of carbonyl (C=O) groups excluding carboxylic acids is 1. The number of aromatic nitrogens is 1. The number of nitrogens with zero attached hydrogens (tertiary/aromatic N) is 2. The Morgan fingerprint density at radius 1 is 1.27 bits per heavy atom. The number of likely N-dealkylation sites (N-methyl/N-ethyl adjacent to an activating group) is 1. The molecule has 3 N–H and O–H groups in total. The molecule has 0 radical (unpaired) electrons. The fraction of sp³-hybridized carbons (Fsp3) is 0.667. The van der Waals surface area contributed by atoms with Gasteiger partial charge in [0.1, 0.15) is 9.71 Å². The number of fused-ring (bicyclic) bond motifs is 2. The highest BCUT2D eigenvalue weighted by Crippen LogP contribution is 2.61. The van der Waals surface area contributed by atoms with Crippen LogP contribution in [0.1, 0.15) is 66.4 Å². The molecular formula is C24H32N4OS. The van der Waals surface area contributed by atoms with Crippen LogP contribution < -0.4 is 11.1 Å². The summed E-state index contributed by atoms with van der Waals surface area (Å²) in [7, 11) is 2.13. The molecule has 0 aromatic carbocycles. The minimum Gasteiger partial charge on any atom is -0.397 e. The summed E-state index contributed by atoms with van der Waals surface area (Å²) in [5.74, 6) is 2.66. The Bertz CT molecular complexity index is 993. The lowest BCUT2D eigenvalue weighted by atomic mass is 9.48. The molecule has 5 nitrogen and oxygen atoms in total. The van der Waals surface area contributed by atoms with Crippen LogP contribution in [0.2, 0.25) is 0 Å². The number of carbonyl (C=O) groups is 1. The van der Waals surface area contributed by atoms with Crippen LogP contribution in [0.15, 0.2) is 6.07 Å². The Labute approximate surface area is 182 Å². The van der Waals surface area contributed by atoms with E-state index in [2.05, 4.69) is 30.3 Å². The van der Waals surface area contributed by atoms with E-state index in [4.69, 9.17) is 10.7 Å². The topological polar surface area (TPSA) is 71.2 Å². The van der Waals surface area contributed by atoms with Gasteiger partial charge in [0.25, 0.3) is 5.91 Å². The van der Waals surface area contributed by atoms with E-state index in [1.54, 1.807) is 0 Å². The first-order valence-corrected chi connectivity index (χ1v) is 12.4. The first kappa shape index (κ1) is 19.1. The molecule has 1 atom stereocenters. The summed E-state index contributed by atoms with van der Waals surface area (Å²) >= 11 is 1.46. The van der Waals surface area contributed by atoms with Crippen LogP contribution in [0.5, 0.6) is 0 Å². The van der Waals surface area contributed by atoms with E-state index in [1.165, 1.54) is 55.4 Å². The van der Waals surface area contributed by atoms with Crippen LogP contribution in [0, 0.1) is 23.2 Å². The maximum absolute atomic E-state index is 13.3. The highest BCUT2D eigenvalue weighted by molar-refractivity contribution is 7.21. The van der Waals surface area contributed by atoms with Gasteiger partial charge in [-0.25, -0.2) is 4.98 Å². The maximum atomic E-state index is 13.3. The van der Waals surface area contributed by atoms with Gasteiger partial charge in [0.2, 0.25) is 0 Å². The number of pyridine rings is 1.